The lowest BCUT2D eigenvalue weighted by atomic mass is 9.77. The second kappa shape index (κ2) is 7.39. The molecule has 0 atom stereocenters. The molecule has 0 fully saturated rings. The molecular weight excluding hydrogens is 426 g/mol. The minimum absolute atomic E-state index is 0.0505. The molecule has 0 spiro atoms. The Morgan fingerprint density at radius 3 is 2.18 bits per heavy atom. The maximum atomic E-state index is 5.04. The van der Waals surface area contributed by atoms with Crippen molar-refractivity contribution in [3.63, 3.8) is 0 Å². The van der Waals surface area contributed by atoms with Gasteiger partial charge in [-0.1, -0.05) is 95.8 Å². The zero-order valence-corrected chi connectivity index (χ0v) is 23.2. The molecule has 34 heavy (non-hydrogen) atoms. The van der Waals surface area contributed by atoms with Gasteiger partial charge < -0.3 is 0 Å². The lowest BCUT2D eigenvalue weighted by Gasteiger charge is -2.29. The van der Waals surface area contributed by atoms with Gasteiger partial charge >= 0.3 is 0 Å². The average molecular weight is 464 g/mol. The average Bonchev–Trinajstić information content (AvgIpc) is 2.99. The summed E-state index contributed by atoms with van der Waals surface area (Å²) < 4.78 is 0. The van der Waals surface area contributed by atoms with E-state index >= 15 is 0 Å². The van der Waals surface area contributed by atoms with Gasteiger partial charge in [0.25, 0.3) is 0 Å². The first-order valence-electron chi connectivity index (χ1n) is 12.5. The summed E-state index contributed by atoms with van der Waals surface area (Å²) in [5.74, 6) is 0. The molecule has 0 aliphatic heterocycles. The van der Waals surface area contributed by atoms with Crippen molar-refractivity contribution in [3.05, 3.63) is 83.0 Å². The summed E-state index contributed by atoms with van der Waals surface area (Å²) in [4.78, 5) is 5.04. The number of hydrogen-bond donors (Lipinski definition) is 0. The Hall–Kier alpha value is -2.71. The zero-order valence-electron chi connectivity index (χ0n) is 22.2. The van der Waals surface area contributed by atoms with Crippen LogP contribution in [0.4, 0.5) is 0 Å². The molecule has 0 bridgehead atoms. The van der Waals surface area contributed by atoms with Gasteiger partial charge in [-0.15, -0.1) is 0 Å². The molecule has 5 rings (SSSR count). The summed E-state index contributed by atoms with van der Waals surface area (Å²) in [7, 11) is -1.44. The van der Waals surface area contributed by atoms with Gasteiger partial charge in [0.1, 0.15) is 0 Å². The predicted molar refractivity (Wildman–Crippen MR) is 151 cm³/mol. The Labute approximate surface area is 206 Å². The highest BCUT2D eigenvalue weighted by atomic mass is 28.3. The van der Waals surface area contributed by atoms with E-state index in [-0.39, 0.29) is 10.8 Å². The Balaban J connectivity index is 1.81. The van der Waals surface area contributed by atoms with Crippen molar-refractivity contribution in [1.82, 2.24) is 4.98 Å². The van der Waals surface area contributed by atoms with Crippen molar-refractivity contribution in [3.8, 4) is 22.4 Å². The van der Waals surface area contributed by atoms with E-state index in [4.69, 9.17) is 4.98 Å². The van der Waals surface area contributed by atoms with Crippen molar-refractivity contribution in [2.75, 3.05) is 0 Å². The van der Waals surface area contributed by atoms with Crippen molar-refractivity contribution >= 4 is 24.0 Å². The molecule has 1 aliphatic carbocycles. The molecule has 0 unspecified atom stereocenters. The second-order valence-electron chi connectivity index (χ2n) is 12.6. The van der Waals surface area contributed by atoms with Crippen LogP contribution in [0, 0.1) is 6.92 Å². The van der Waals surface area contributed by atoms with Gasteiger partial charge in [-0.3, -0.25) is 4.98 Å². The van der Waals surface area contributed by atoms with E-state index in [0.29, 0.717) is 0 Å². The van der Waals surface area contributed by atoms with Crippen LogP contribution in [0.5, 0.6) is 0 Å². The van der Waals surface area contributed by atoms with Gasteiger partial charge in [0.15, 0.2) is 0 Å². The first kappa shape index (κ1) is 23.0. The molecule has 3 aromatic carbocycles. The van der Waals surface area contributed by atoms with Crippen molar-refractivity contribution in [2.24, 2.45) is 0 Å². The Kier molecular flexibility index (Phi) is 5.01. The van der Waals surface area contributed by atoms with Crippen molar-refractivity contribution < 1.29 is 0 Å². The molecule has 0 saturated heterocycles. The van der Waals surface area contributed by atoms with Crippen molar-refractivity contribution in [1.29, 1.82) is 0 Å². The summed E-state index contributed by atoms with van der Waals surface area (Å²) in [6.45, 7) is 21.4. The smallest absolute Gasteiger partial charge is 0.0779 e. The largest absolute Gasteiger partial charge is 0.256 e. The topological polar surface area (TPSA) is 12.9 Å². The third-order valence-electron chi connectivity index (χ3n) is 7.71. The number of pyridine rings is 1. The van der Waals surface area contributed by atoms with Crippen LogP contribution in [0.25, 0.3) is 33.2 Å². The van der Waals surface area contributed by atoms with Crippen LogP contribution in [0.3, 0.4) is 0 Å². The standard InChI is InChI=1S/C32H37NSi/c1-20-27(34(7,8)9)15-14-24-25-16-17-33-30(29(25)32(5,6)28(20)24)22-18-21-12-10-11-13-23(21)26(19-22)31(2,3)4/h10-19H,1-9H3. The second-order valence-corrected chi connectivity index (χ2v) is 17.7. The van der Waals surface area contributed by atoms with Gasteiger partial charge in [0.05, 0.1) is 13.8 Å². The van der Waals surface area contributed by atoms with Gasteiger partial charge in [-0.2, -0.15) is 0 Å². The van der Waals surface area contributed by atoms with Gasteiger partial charge in [-0.05, 0) is 74.7 Å². The van der Waals surface area contributed by atoms with Crippen LogP contribution < -0.4 is 5.19 Å². The summed E-state index contributed by atoms with van der Waals surface area (Å²) in [5, 5.41) is 4.20. The lowest BCUT2D eigenvalue weighted by Crippen LogP contribution is -2.40. The number of benzene rings is 3. The first-order valence-corrected chi connectivity index (χ1v) is 16.0. The molecule has 0 saturated carbocycles. The minimum atomic E-state index is -1.44. The fraction of sp³-hybridized carbons (Fsp3) is 0.344. The van der Waals surface area contributed by atoms with Gasteiger partial charge in [0, 0.05) is 17.2 Å². The summed E-state index contributed by atoms with van der Waals surface area (Å²) >= 11 is 0. The van der Waals surface area contributed by atoms with Crippen LogP contribution in [0.15, 0.2) is 60.8 Å². The fourth-order valence-corrected chi connectivity index (χ4v) is 8.12. The van der Waals surface area contributed by atoms with E-state index < -0.39 is 8.07 Å². The van der Waals surface area contributed by atoms with E-state index in [9.17, 15) is 0 Å². The van der Waals surface area contributed by atoms with E-state index in [1.807, 2.05) is 6.20 Å². The van der Waals surface area contributed by atoms with Crippen molar-refractivity contribution in [2.45, 2.75) is 72.0 Å². The summed E-state index contributed by atoms with van der Waals surface area (Å²) in [5.41, 5.74) is 10.8. The molecule has 0 amide bonds. The molecule has 0 N–H and O–H groups in total. The maximum absolute atomic E-state index is 5.04. The molecule has 4 aromatic rings. The summed E-state index contributed by atoms with van der Waals surface area (Å²) in [6.07, 6.45) is 2.01. The number of nitrogens with zero attached hydrogens (tertiary/aromatic N) is 1. The van der Waals surface area contributed by atoms with Crippen LogP contribution in [-0.4, -0.2) is 13.1 Å². The number of aromatic nitrogens is 1. The highest BCUT2D eigenvalue weighted by Crippen LogP contribution is 2.52. The highest BCUT2D eigenvalue weighted by Gasteiger charge is 2.41. The molecule has 1 aromatic heterocycles. The normalized spacial score (nSPS) is 14.9. The van der Waals surface area contributed by atoms with Crippen LogP contribution >= 0.6 is 0 Å². The van der Waals surface area contributed by atoms with E-state index in [2.05, 4.69) is 116 Å². The number of hydrogen-bond acceptors (Lipinski definition) is 1. The Morgan fingerprint density at radius 2 is 1.50 bits per heavy atom. The molecular formula is C32H37NSi. The highest BCUT2D eigenvalue weighted by molar-refractivity contribution is 6.89. The van der Waals surface area contributed by atoms with Gasteiger partial charge in [-0.25, -0.2) is 0 Å². The predicted octanol–water partition coefficient (Wildman–Crippen LogP) is 8.36. The van der Waals surface area contributed by atoms with E-state index in [1.54, 1.807) is 5.19 Å². The zero-order chi connectivity index (χ0) is 24.6. The third-order valence-corrected chi connectivity index (χ3v) is 9.87. The first-order chi connectivity index (χ1) is 15.8. The molecule has 1 nitrogen and oxygen atoms in total. The number of fused-ring (bicyclic) bond motifs is 4. The Morgan fingerprint density at radius 1 is 0.824 bits per heavy atom. The van der Waals surface area contributed by atoms with E-state index in [1.165, 1.54) is 49.7 Å². The number of rotatable bonds is 2. The third kappa shape index (κ3) is 3.38. The molecule has 0 radical (unpaired) electrons. The minimum Gasteiger partial charge on any atom is -0.256 e. The lowest BCUT2D eigenvalue weighted by molar-refractivity contribution is 0.596. The maximum Gasteiger partial charge on any atom is 0.0779 e. The van der Waals surface area contributed by atoms with Crippen LogP contribution in [0.2, 0.25) is 19.6 Å². The van der Waals surface area contributed by atoms with Gasteiger partial charge in [0.2, 0.25) is 0 Å². The summed E-state index contributed by atoms with van der Waals surface area (Å²) in [6, 6.07) is 20.5. The molecule has 174 valence electrons. The molecule has 1 heterocycles. The SMILES string of the molecule is Cc1c([Si](C)(C)C)ccc2c1C(C)(C)c1c-2ccnc1-c1cc(C(C)(C)C)c2ccccc2c1. The monoisotopic (exact) mass is 463 g/mol. The fourth-order valence-electron chi connectivity index (χ4n) is 6.28. The molecule has 2 heteroatoms. The quantitative estimate of drug-likeness (QED) is 0.272. The van der Waals surface area contributed by atoms with Crippen LogP contribution in [-0.2, 0) is 10.8 Å². The Bertz CT molecular complexity index is 1440. The van der Waals surface area contributed by atoms with Crippen LogP contribution in [0.1, 0.15) is 56.9 Å². The van der Waals surface area contributed by atoms with E-state index in [0.717, 1.165) is 5.69 Å². The molecule has 1 aliphatic rings.